The van der Waals surface area contributed by atoms with Gasteiger partial charge in [-0.2, -0.15) is 0 Å². The summed E-state index contributed by atoms with van der Waals surface area (Å²) in [7, 11) is 0. The lowest BCUT2D eigenvalue weighted by atomic mass is 10.0. The standard InChI is InChI=1S/C11H15N3/c1-8(6-12)5-9-3-2-4-10-11(9)14-7-13-10/h2-4,7-8H,5-6,12H2,1H3,(H,13,14). The normalized spacial score (nSPS) is 13.3. The second kappa shape index (κ2) is 3.80. The molecule has 1 atom stereocenters. The zero-order valence-electron chi connectivity index (χ0n) is 8.33. The highest BCUT2D eigenvalue weighted by molar-refractivity contribution is 5.78. The van der Waals surface area contributed by atoms with Gasteiger partial charge in [-0.1, -0.05) is 19.1 Å². The van der Waals surface area contributed by atoms with E-state index in [1.165, 1.54) is 5.56 Å². The average molecular weight is 189 g/mol. The molecule has 74 valence electrons. The van der Waals surface area contributed by atoms with Gasteiger partial charge in [-0.05, 0) is 30.5 Å². The minimum Gasteiger partial charge on any atom is -0.345 e. The Morgan fingerprint density at radius 2 is 2.36 bits per heavy atom. The molecule has 0 bridgehead atoms. The second-order valence-corrected chi connectivity index (χ2v) is 3.76. The molecule has 3 nitrogen and oxygen atoms in total. The van der Waals surface area contributed by atoms with Crippen LogP contribution < -0.4 is 5.73 Å². The van der Waals surface area contributed by atoms with Crippen molar-refractivity contribution in [2.24, 2.45) is 11.7 Å². The zero-order chi connectivity index (χ0) is 9.97. The van der Waals surface area contributed by atoms with Gasteiger partial charge in [0, 0.05) is 0 Å². The van der Waals surface area contributed by atoms with Gasteiger partial charge in [0.2, 0.25) is 0 Å². The Labute approximate surface area is 83.3 Å². The third-order valence-electron chi connectivity index (χ3n) is 2.50. The molecule has 1 aromatic heterocycles. The van der Waals surface area contributed by atoms with E-state index in [4.69, 9.17) is 5.73 Å². The number of hydrogen-bond acceptors (Lipinski definition) is 2. The summed E-state index contributed by atoms with van der Waals surface area (Å²) in [6.07, 6.45) is 2.74. The summed E-state index contributed by atoms with van der Waals surface area (Å²) in [4.78, 5) is 7.42. The van der Waals surface area contributed by atoms with E-state index in [1.54, 1.807) is 6.33 Å². The molecule has 0 radical (unpaired) electrons. The van der Waals surface area contributed by atoms with E-state index in [9.17, 15) is 0 Å². The predicted molar refractivity (Wildman–Crippen MR) is 58.0 cm³/mol. The number of nitrogens with one attached hydrogen (secondary N) is 1. The Morgan fingerprint density at radius 3 is 3.14 bits per heavy atom. The summed E-state index contributed by atoms with van der Waals surface area (Å²) >= 11 is 0. The number of imidazole rings is 1. The summed E-state index contributed by atoms with van der Waals surface area (Å²) in [6, 6.07) is 6.22. The van der Waals surface area contributed by atoms with Crippen LogP contribution in [-0.2, 0) is 6.42 Å². The van der Waals surface area contributed by atoms with E-state index in [2.05, 4.69) is 29.0 Å². The van der Waals surface area contributed by atoms with Gasteiger partial charge in [0.1, 0.15) is 0 Å². The first kappa shape index (κ1) is 9.21. The largest absolute Gasteiger partial charge is 0.345 e. The molecule has 1 aromatic carbocycles. The number of aromatic nitrogens is 2. The van der Waals surface area contributed by atoms with Crippen LogP contribution in [0.2, 0.25) is 0 Å². The van der Waals surface area contributed by atoms with Gasteiger partial charge in [-0.25, -0.2) is 4.98 Å². The monoisotopic (exact) mass is 189 g/mol. The number of aromatic amines is 1. The maximum atomic E-state index is 5.61. The number of para-hydroxylation sites is 1. The Bertz CT molecular complexity index is 419. The fraction of sp³-hybridized carbons (Fsp3) is 0.364. The summed E-state index contributed by atoms with van der Waals surface area (Å²) in [5, 5.41) is 0. The fourth-order valence-electron chi connectivity index (χ4n) is 1.65. The first-order valence-electron chi connectivity index (χ1n) is 4.92. The highest BCUT2D eigenvalue weighted by Gasteiger charge is 2.06. The third-order valence-corrected chi connectivity index (χ3v) is 2.50. The maximum Gasteiger partial charge on any atom is 0.0931 e. The van der Waals surface area contributed by atoms with Crippen molar-refractivity contribution >= 4 is 11.0 Å². The van der Waals surface area contributed by atoms with Crippen LogP contribution in [0, 0.1) is 5.92 Å². The fourth-order valence-corrected chi connectivity index (χ4v) is 1.65. The van der Waals surface area contributed by atoms with Crippen molar-refractivity contribution in [1.29, 1.82) is 0 Å². The van der Waals surface area contributed by atoms with Crippen molar-refractivity contribution in [3.8, 4) is 0 Å². The molecule has 0 saturated heterocycles. The highest BCUT2D eigenvalue weighted by Crippen LogP contribution is 2.17. The van der Waals surface area contributed by atoms with Crippen molar-refractivity contribution in [2.45, 2.75) is 13.3 Å². The second-order valence-electron chi connectivity index (χ2n) is 3.76. The van der Waals surface area contributed by atoms with Crippen molar-refractivity contribution in [2.75, 3.05) is 6.54 Å². The van der Waals surface area contributed by atoms with Crippen LogP contribution in [0.25, 0.3) is 11.0 Å². The SMILES string of the molecule is CC(CN)Cc1cccc2[nH]cnc12. The van der Waals surface area contributed by atoms with Gasteiger partial charge >= 0.3 is 0 Å². The number of nitrogens with zero attached hydrogens (tertiary/aromatic N) is 1. The van der Waals surface area contributed by atoms with Crippen LogP contribution in [0.15, 0.2) is 24.5 Å². The lowest BCUT2D eigenvalue weighted by Crippen LogP contribution is -2.13. The highest BCUT2D eigenvalue weighted by atomic mass is 14.9. The number of hydrogen-bond donors (Lipinski definition) is 2. The molecular weight excluding hydrogens is 174 g/mol. The van der Waals surface area contributed by atoms with Crippen LogP contribution in [0.3, 0.4) is 0 Å². The Hall–Kier alpha value is -1.35. The topological polar surface area (TPSA) is 54.7 Å². The van der Waals surface area contributed by atoms with Crippen molar-refractivity contribution in [3.05, 3.63) is 30.1 Å². The van der Waals surface area contributed by atoms with E-state index in [0.717, 1.165) is 24.0 Å². The predicted octanol–water partition coefficient (Wildman–Crippen LogP) is 1.70. The molecule has 14 heavy (non-hydrogen) atoms. The molecule has 0 aliphatic rings. The first-order chi connectivity index (χ1) is 6.81. The lowest BCUT2D eigenvalue weighted by molar-refractivity contribution is 0.595. The summed E-state index contributed by atoms with van der Waals surface area (Å²) in [5.41, 5.74) is 9.07. The van der Waals surface area contributed by atoms with E-state index in [1.807, 2.05) is 6.07 Å². The number of benzene rings is 1. The van der Waals surface area contributed by atoms with Gasteiger partial charge in [0.25, 0.3) is 0 Å². The molecule has 0 aliphatic heterocycles. The van der Waals surface area contributed by atoms with Crippen molar-refractivity contribution in [3.63, 3.8) is 0 Å². The molecule has 1 unspecified atom stereocenters. The van der Waals surface area contributed by atoms with Crippen LogP contribution >= 0.6 is 0 Å². The first-order valence-corrected chi connectivity index (χ1v) is 4.92. The lowest BCUT2D eigenvalue weighted by Gasteiger charge is -2.08. The third kappa shape index (κ3) is 1.63. The van der Waals surface area contributed by atoms with Crippen LogP contribution in [0.5, 0.6) is 0 Å². The van der Waals surface area contributed by atoms with Gasteiger partial charge in [-0.15, -0.1) is 0 Å². The Morgan fingerprint density at radius 1 is 1.50 bits per heavy atom. The summed E-state index contributed by atoms with van der Waals surface area (Å²) < 4.78 is 0. The summed E-state index contributed by atoms with van der Waals surface area (Å²) in [6.45, 7) is 2.88. The maximum absolute atomic E-state index is 5.61. The number of fused-ring (bicyclic) bond motifs is 1. The van der Waals surface area contributed by atoms with E-state index < -0.39 is 0 Å². The van der Waals surface area contributed by atoms with E-state index in [-0.39, 0.29) is 0 Å². The van der Waals surface area contributed by atoms with Gasteiger partial charge in [-0.3, -0.25) is 0 Å². The smallest absolute Gasteiger partial charge is 0.0931 e. The Kier molecular flexibility index (Phi) is 2.50. The van der Waals surface area contributed by atoms with Crippen LogP contribution in [0.4, 0.5) is 0 Å². The molecule has 3 heteroatoms. The minimum atomic E-state index is 0.511. The Balaban J connectivity index is 2.36. The summed E-state index contributed by atoms with van der Waals surface area (Å²) in [5.74, 6) is 0.511. The number of nitrogens with two attached hydrogens (primary N) is 1. The van der Waals surface area contributed by atoms with E-state index in [0.29, 0.717) is 5.92 Å². The molecule has 2 aromatic rings. The molecular formula is C11H15N3. The molecule has 1 heterocycles. The quantitative estimate of drug-likeness (QED) is 0.772. The molecule has 0 aliphatic carbocycles. The molecule has 0 spiro atoms. The number of H-pyrrole nitrogens is 1. The van der Waals surface area contributed by atoms with Crippen LogP contribution in [0.1, 0.15) is 12.5 Å². The van der Waals surface area contributed by atoms with Crippen LogP contribution in [-0.4, -0.2) is 16.5 Å². The molecule has 0 saturated carbocycles. The van der Waals surface area contributed by atoms with Crippen molar-refractivity contribution < 1.29 is 0 Å². The average Bonchev–Trinajstić information content (AvgIpc) is 2.66. The molecule has 0 amide bonds. The molecule has 0 fully saturated rings. The van der Waals surface area contributed by atoms with Gasteiger partial charge < -0.3 is 10.7 Å². The van der Waals surface area contributed by atoms with Gasteiger partial charge in [0.15, 0.2) is 0 Å². The zero-order valence-corrected chi connectivity index (χ0v) is 8.33. The van der Waals surface area contributed by atoms with E-state index >= 15 is 0 Å². The van der Waals surface area contributed by atoms with Crippen molar-refractivity contribution in [1.82, 2.24) is 9.97 Å². The minimum absolute atomic E-state index is 0.511. The molecule has 2 rings (SSSR count). The molecule has 3 N–H and O–H groups in total. The number of rotatable bonds is 3. The van der Waals surface area contributed by atoms with Gasteiger partial charge in [0.05, 0.1) is 17.4 Å².